The van der Waals surface area contributed by atoms with E-state index in [-0.39, 0.29) is 17.3 Å². The first-order chi connectivity index (χ1) is 19.0. The maximum absolute atomic E-state index is 13.6. The van der Waals surface area contributed by atoms with Crippen LogP contribution in [0.5, 0.6) is 0 Å². The van der Waals surface area contributed by atoms with Crippen molar-refractivity contribution in [2.75, 3.05) is 35.4 Å². The number of anilines is 2. The Kier molecular flexibility index (Phi) is 7.97. The number of imidazole rings is 1. The molecule has 0 bridgehead atoms. The first-order valence-corrected chi connectivity index (χ1v) is 14.7. The molecule has 0 aliphatic carbocycles. The second-order valence-electron chi connectivity index (χ2n) is 9.64. The van der Waals surface area contributed by atoms with Crippen LogP contribution in [0.2, 0.25) is 0 Å². The van der Waals surface area contributed by atoms with Gasteiger partial charge < -0.3 is 14.8 Å². The molecule has 0 saturated carbocycles. The third-order valence-electron chi connectivity index (χ3n) is 7.01. The van der Waals surface area contributed by atoms with Gasteiger partial charge in [0, 0.05) is 43.6 Å². The largest absolute Gasteiger partial charge is 0.368 e. The Labute approximate surface area is 230 Å². The highest BCUT2D eigenvalue weighted by atomic mass is 32.2. The second-order valence-corrected chi connectivity index (χ2v) is 11.5. The van der Waals surface area contributed by atoms with E-state index < -0.39 is 10.0 Å². The van der Waals surface area contributed by atoms with E-state index in [4.69, 9.17) is 0 Å². The molecule has 3 aromatic carbocycles. The fourth-order valence-electron chi connectivity index (χ4n) is 4.84. The summed E-state index contributed by atoms with van der Waals surface area (Å²) in [6.45, 7) is 4.96. The van der Waals surface area contributed by atoms with Crippen molar-refractivity contribution in [2.45, 2.75) is 31.2 Å². The molecule has 1 saturated heterocycles. The Morgan fingerprint density at radius 1 is 0.923 bits per heavy atom. The molecule has 202 valence electrons. The zero-order chi connectivity index (χ0) is 27.2. The Bertz CT molecular complexity index is 1460. The molecule has 1 aliphatic rings. The number of aromatic nitrogens is 2. The maximum atomic E-state index is 13.6. The lowest BCUT2D eigenvalue weighted by atomic mass is 10.1. The molecule has 4 aromatic rings. The second kappa shape index (κ2) is 11.7. The van der Waals surface area contributed by atoms with Gasteiger partial charge >= 0.3 is 0 Å². The average molecular weight is 544 g/mol. The number of H-pyrrole nitrogens is 1. The van der Waals surface area contributed by atoms with Crippen molar-refractivity contribution in [1.82, 2.24) is 14.9 Å². The first-order valence-electron chi connectivity index (χ1n) is 13.2. The summed E-state index contributed by atoms with van der Waals surface area (Å²) < 4.78 is 28.5. The number of hydrogen-bond acceptors (Lipinski definition) is 5. The normalized spacial score (nSPS) is 13.9. The molecule has 5 rings (SSSR count). The summed E-state index contributed by atoms with van der Waals surface area (Å²) >= 11 is 0. The minimum Gasteiger partial charge on any atom is -0.368 e. The molecule has 1 fully saturated rings. The molecule has 8 nitrogen and oxygen atoms in total. The smallest absolute Gasteiger partial charge is 0.264 e. The Balaban J connectivity index is 1.28. The molecule has 9 heteroatoms. The quantitative estimate of drug-likeness (QED) is 0.330. The van der Waals surface area contributed by atoms with Crippen LogP contribution in [0.1, 0.15) is 35.0 Å². The van der Waals surface area contributed by atoms with E-state index in [1.165, 1.54) is 16.2 Å². The molecular weight excluding hydrogens is 510 g/mol. The van der Waals surface area contributed by atoms with Crippen molar-refractivity contribution >= 4 is 27.3 Å². The molecule has 2 heterocycles. The Hall–Kier alpha value is -4.11. The summed E-state index contributed by atoms with van der Waals surface area (Å²) in [6.07, 6.45) is 5.27. The molecule has 1 N–H and O–H groups in total. The number of benzene rings is 3. The van der Waals surface area contributed by atoms with Crippen molar-refractivity contribution in [3.8, 4) is 0 Å². The molecule has 1 aromatic heterocycles. The van der Waals surface area contributed by atoms with E-state index in [9.17, 15) is 13.2 Å². The van der Waals surface area contributed by atoms with Crippen molar-refractivity contribution in [1.29, 1.82) is 0 Å². The van der Waals surface area contributed by atoms with E-state index in [2.05, 4.69) is 21.8 Å². The van der Waals surface area contributed by atoms with Crippen LogP contribution in [0.25, 0.3) is 0 Å². The molecule has 0 radical (unpaired) electrons. The number of nitrogens with zero attached hydrogens (tertiary/aromatic N) is 4. The number of rotatable bonds is 9. The number of aryl methyl sites for hydroxylation is 1. The van der Waals surface area contributed by atoms with Gasteiger partial charge in [0.15, 0.2) is 0 Å². The van der Waals surface area contributed by atoms with E-state index >= 15 is 0 Å². The number of carbonyl (C=O) groups excluding carboxylic acids is 1. The average Bonchev–Trinajstić information content (AvgIpc) is 3.50. The topological polar surface area (TPSA) is 89.6 Å². The molecule has 1 aliphatic heterocycles. The van der Waals surface area contributed by atoms with Crippen LogP contribution in [-0.4, -0.2) is 55.4 Å². The molecule has 0 atom stereocenters. The van der Waals surface area contributed by atoms with Crippen LogP contribution in [0.15, 0.2) is 96.3 Å². The third-order valence-corrected chi connectivity index (χ3v) is 8.80. The Morgan fingerprint density at radius 3 is 2.23 bits per heavy atom. The lowest BCUT2D eigenvalue weighted by Gasteiger charge is -2.36. The summed E-state index contributed by atoms with van der Waals surface area (Å²) in [5, 5.41) is 0. The summed E-state index contributed by atoms with van der Waals surface area (Å²) in [5.74, 6) is 0.0635. The van der Waals surface area contributed by atoms with Crippen molar-refractivity contribution in [3.63, 3.8) is 0 Å². The SMILES string of the molecule is CCCc1ccc(C(=O)N2CCN(c3ccc(N(Cc4cnc[nH]4)S(=O)(=O)c4ccccc4)cc3)CC2)cc1. The van der Waals surface area contributed by atoms with Gasteiger partial charge in [-0.2, -0.15) is 0 Å². The van der Waals surface area contributed by atoms with E-state index in [0.717, 1.165) is 24.1 Å². The zero-order valence-corrected chi connectivity index (χ0v) is 22.8. The van der Waals surface area contributed by atoms with E-state index in [1.807, 2.05) is 53.4 Å². The standard InChI is InChI=1S/C30H33N5O3S/c1-2-6-24-9-11-25(12-10-24)30(36)34-19-17-33(18-20-34)27-13-15-28(16-14-27)35(22-26-21-31-23-32-26)39(37,38)29-7-4-3-5-8-29/h3-5,7-16,21,23H,2,6,17-20,22H2,1H3,(H,31,32). The molecule has 1 amide bonds. The number of amides is 1. The van der Waals surface area contributed by atoms with Gasteiger partial charge in [-0.1, -0.05) is 43.7 Å². The fraction of sp³-hybridized carbons (Fsp3) is 0.267. The van der Waals surface area contributed by atoms with E-state index in [1.54, 1.807) is 36.5 Å². The van der Waals surface area contributed by atoms with Gasteiger partial charge in [0.1, 0.15) is 0 Å². The monoisotopic (exact) mass is 543 g/mol. The van der Waals surface area contributed by atoms with Crippen LogP contribution < -0.4 is 9.21 Å². The summed E-state index contributed by atoms with van der Waals surface area (Å²) in [6, 6.07) is 23.9. The van der Waals surface area contributed by atoms with Gasteiger partial charge in [-0.05, 0) is 60.5 Å². The number of sulfonamides is 1. The molecular formula is C30H33N5O3S. The van der Waals surface area contributed by atoms with Gasteiger partial charge in [0.2, 0.25) is 0 Å². The fourth-order valence-corrected chi connectivity index (χ4v) is 6.31. The van der Waals surface area contributed by atoms with E-state index in [0.29, 0.717) is 37.6 Å². The first kappa shape index (κ1) is 26.5. The summed E-state index contributed by atoms with van der Waals surface area (Å²) in [5.41, 5.74) is 4.23. The zero-order valence-electron chi connectivity index (χ0n) is 22.0. The van der Waals surface area contributed by atoms with Gasteiger partial charge in [-0.3, -0.25) is 9.10 Å². The van der Waals surface area contributed by atoms with Crippen LogP contribution in [0, 0.1) is 0 Å². The van der Waals surface area contributed by atoms with Gasteiger partial charge in [0.25, 0.3) is 15.9 Å². The Morgan fingerprint density at radius 2 is 1.62 bits per heavy atom. The highest BCUT2D eigenvalue weighted by molar-refractivity contribution is 7.92. The predicted molar refractivity (Wildman–Crippen MR) is 153 cm³/mol. The summed E-state index contributed by atoms with van der Waals surface area (Å²) in [7, 11) is -3.79. The summed E-state index contributed by atoms with van der Waals surface area (Å²) in [4.78, 5) is 24.4. The van der Waals surface area contributed by atoms with Crippen LogP contribution in [-0.2, 0) is 23.0 Å². The van der Waals surface area contributed by atoms with Gasteiger partial charge in [0.05, 0.1) is 29.1 Å². The number of hydrogen-bond donors (Lipinski definition) is 1. The maximum Gasteiger partial charge on any atom is 0.264 e. The third kappa shape index (κ3) is 5.98. The number of aromatic amines is 1. The molecule has 0 unspecified atom stereocenters. The predicted octanol–water partition coefficient (Wildman–Crippen LogP) is 4.72. The minimum atomic E-state index is -3.79. The van der Waals surface area contributed by atoms with Gasteiger partial charge in [-0.25, -0.2) is 13.4 Å². The van der Waals surface area contributed by atoms with Crippen molar-refractivity contribution in [2.24, 2.45) is 0 Å². The minimum absolute atomic E-state index is 0.0635. The van der Waals surface area contributed by atoms with Crippen molar-refractivity contribution in [3.05, 3.63) is 108 Å². The van der Waals surface area contributed by atoms with Gasteiger partial charge in [-0.15, -0.1) is 0 Å². The molecule has 0 spiro atoms. The lowest BCUT2D eigenvalue weighted by Crippen LogP contribution is -2.48. The number of nitrogens with one attached hydrogen (secondary N) is 1. The van der Waals surface area contributed by atoms with Crippen LogP contribution in [0.4, 0.5) is 11.4 Å². The highest BCUT2D eigenvalue weighted by Crippen LogP contribution is 2.28. The number of piperazine rings is 1. The molecule has 39 heavy (non-hydrogen) atoms. The number of carbonyl (C=O) groups is 1. The van der Waals surface area contributed by atoms with Crippen LogP contribution >= 0.6 is 0 Å². The lowest BCUT2D eigenvalue weighted by molar-refractivity contribution is 0.0746. The highest BCUT2D eigenvalue weighted by Gasteiger charge is 2.26. The van der Waals surface area contributed by atoms with Crippen LogP contribution in [0.3, 0.4) is 0 Å². The van der Waals surface area contributed by atoms with Crippen molar-refractivity contribution < 1.29 is 13.2 Å².